The van der Waals surface area contributed by atoms with Crippen molar-refractivity contribution >= 4 is 11.6 Å². The molecule has 0 saturated carbocycles. The van der Waals surface area contributed by atoms with Crippen molar-refractivity contribution in [2.45, 2.75) is 47.5 Å². The Morgan fingerprint density at radius 2 is 1.79 bits per heavy atom. The van der Waals surface area contributed by atoms with Gasteiger partial charge in [0.15, 0.2) is 5.78 Å². The van der Waals surface area contributed by atoms with Crippen LogP contribution in [0.5, 0.6) is 0 Å². The summed E-state index contributed by atoms with van der Waals surface area (Å²) in [4.78, 5) is 25.6. The van der Waals surface area contributed by atoms with Crippen LogP contribution in [0, 0.1) is 29.1 Å². The predicted octanol–water partition coefficient (Wildman–Crippen LogP) is 5.34. The van der Waals surface area contributed by atoms with Gasteiger partial charge in [0.2, 0.25) is 0 Å². The Balaban J connectivity index is 2.05. The van der Waals surface area contributed by atoms with Crippen LogP contribution in [0.2, 0.25) is 0 Å². The lowest BCUT2D eigenvalue weighted by molar-refractivity contribution is -0.129. The molecule has 2 rings (SSSR count). The lowest BCUT2D eigenvalue weighted by Gasteiger charge is -2.39. The zero-order valence-electron chi connectivity index (χ0n) is 15.6. The van der Waals surface area contributed by atoms with E-state index in [9.17, 15) is 9.59 Å². The van der Waals surface area contributed by atoms with Crippen molar-refractivity contribution in [1.29, 1.82) is 0 Å². The molecule has 0 N–H and O–H groups in total. The maximum atomic E-state index is 13.0. The summed E-state index contributed by atoms with van der Waals surface area (Å²) in [7, 11) is 0. The van der Waals surface area contributed by atoms with Crippen LogP contribution in [0.3, 0.4) is 0 Å². The fourth-order valence-electron chi connectivity index (χ4n) is 4.01. The second-order valence-corrected chi connectivity index (χ2v) is 8.12. The van der Waals surface area contributed by atoms with E-state index < -0.39 is 0 Å². The minimum atomic E-state index is -0.145. The van der Waals surface area contributed by atoms with E-state index in [0.29, 0.717) is 12.2 Å². The van der Waals surface area contributed by atoms with Crippen LogP contribution in [0.1, 0.15) is 57.8 Å². The highest BCUT2D eigenvalue weighted by atomic mass is 16.1. The molecule has 0 aliphatic heterocycles. The van der Waals surface area contributed by atoms with Crippen molar-refractivity contribution in [1.82, 2.24) is 0 Å². The quantitative estimate of drug-likeness (QED) is 0.522. The Bertz CT molecular complexity index is 612. The number of allylic oxidation sites excluding steroid dienone is 2. The molecule has 4 unspecified atom stereocenters. The van der Waals surface area contributed by atoms with E-state index in [1.54, 1.807) is 0 Å². The first-order valence-corrected chi connectivity index (χ1v) is 9.02. The van der Waals surface area contributed by atoms with Crippen molar-refractivity contribution in [2.24, 2.45) is 29.1 Å². The number of rotatable bonds is 6. The Kier molecular flexibility index (Phi) is 5.79. The number of carbonyl (C=O) groups excluding carboxylic acids is 2. The van der Waals surface area contributed by atoms with Crippen molar-refractivity contribution < 1.29 is 9.59 Å². The van der Waals surface area contributed by atoms with Gasteiger partial charge >= 0.3 is 0 Å². The molecule has 24 heavy (non-hydrogen) atoms. The molecule has 1 aliphatic carbocycles. The molecule has 2 nitrogen and oxygen atoms in total. The highest BCUT2D eigenvalue weighted by molar-refractivity contribution is 5.98. The minimum Gasteiger partial charge on any atom is -0.299 e. The summed E-state index contributed by atoms with van der Waals surface area (Å²) in [5, 5.41) is 0. The lowest BCUT2D eigenvalue weighted by Crippen LogP contribution is -2.38. The normalized spacial score (nSPS) is 25.0. The van der Waals surface area contributed by atoms with Crippen LogP contribution in [0.25, 0.3) is 0 Å². The van der Waals surface area contributed by atoms with Gasteiger partial charge in [-0.15, -0.1) is 0 Å². The van der Waals surface area contributed by atoms with Gasteiger partial charge in [-0.25, -0.2) is 0 Å². The second-order valence-electron chi connectivity index (χ2n) is 8.12. The zero-order valence-corrected chi connectivity index (χ0v) is 15.6. The fraction of sp³-hybridized carbons (Fsp3) is 0.545. The molecule has 0 radical (unpaired) electrons. The summed E-state index contributed by atoms with van der Waals surface area (Å²) in [5.74, 6) is 0.661. The third-order valence-corrected chi connectivity index (χ3v) is 5.65. The van der Waals surface area contributed by atoms with E-state index in [1.165, 1.54) is 0 Å². The van der Waals surface area contributed by atoms with Gasteiger partial charge in [0, 0.05) is 23.8 Å². The maximum absolute atomic E-state index is 13.0. The van der Waals surface area contributed by atoms with Gasteiger partial charge in [-0.05, 0) is 23.7 Å². The smallest absolute Gasteiger partial charge is 0.165 e. The standard InChI is InChI=1S/C22H30O2/c1-15-10-9-13-22(4,5)20(15)19(23)14-16(2)17(3)21(24)18-11-7-6-8-12-18/h6-12,15-17,20H,13-14H2,1-5H3. The highest BCUT2D eigenvalue weighted by Gasteiger charge is 2.40. The van der Waals surface area contributed by atoms with Gasteiger partial charge < -0.3 is 0 Å². The fourth-order valence-corrected chi connectivity index (χ4v) is 4.01. The second kappa shape index (κ2) is 7.46. The SMILES string of the molecule is CC1C=CCC(C)(C)C1C(=O)CC(C)C(C)C(=O)c1ccccc1. The van der Waals surface area contributed by atoms with Gasteiger partial charge in [0.05, 0.1) is 0 Å². The molecule has 1 aromatic rings. The molecule has 0 bridgehead atoms. The van der Waals surface area contributed by atoms with E-state index in [4.69, 9.17) is 0 Å². The van der Waals surface area contributed by atoms with E-state index in [0.717, 1.165) is 12.0 Å². The van der Waals surface area contributed by atoms with Crippen LogP contribution in [-0.2, 0) is 4.79 Å². The first-order valence-electron chi connectivity index (χ1n) is 9.02. The monoisotopic (exact) mass is 326 g/mol. The largest absolute Gasteiger partial charge is 0.299 e. The highest BCUT2D eigenvalue weighted by Crippen LogP contribution is 2.42. The lowest BCUT2D eigenvalue weighted by atomic mass is 9.64. The van der Waals surface area contributed by atoms with Crippen molar-refractivity contribution in [3.8, 4) is 0 Å². The van der Waals surface area contributed by atoms with E-state index in [-0.39, 0.29) is 34.9 Å². The van der Waals surface area contributed by atoms with Crippen molar-refractivity contribution in [2.75, 3.05) is 0 Å². The van der Waals surface area contributed by atoms with E-state index >= 15 is 0 Å². The molecular formula is C22H30O2. The van der Waals surface area contributed by atoms with Crippen LogP contribution >= 0.6 is 0 Å². The van der Waals surface area contributed by atoms with Gasteiger partial charge in [0.25, 0.3) is 0 Å². The summed E-state index contributed by atoms with van der Waals surface area (Å²) in [6, 6.07) is 9.38. The molecule has 4 atom stereocenters. The van der Waals surface area contributed by atoms with Crippen LogP contribution in [0.15, 0.2) is 42.5 Å². The minimum absolute atomic E-state index is 0.00233. The number of Topliss-reactive ketones (excluding diaryl/α,β-unsaturated/α-hetero) is 2. The van der Waals surface area contributed by atoms with Crippen LogP contribution in [-0.4, -0.2) is 11.6 Å². The van der Waals surface area contributed by atoms with Crippen molar-refractivity contribution in [3.05, 3.63) is 48.0 Å². The number of ketones is 2. The third-order valence-electron chi connectivity index (χ3n) is 5.65. The summed E-state index contributed by atoms with van der Waals surface area (Å²) < 4.78 is 0. The summed E-state index contributed by atoms with van der Waals surface area (Å²) in [6.45, 7) is 10.5. The number of benzene rings is 1. The van der Waals surface area contributed by atoms with Crippen LogP contribution in [0.4, 0.5) is 0 Å². The summed E-state index contributed by atoms with van der Waals surface area (Å²) in [5.41, 5.74) is 0.732. The first-order chi connectivity index (χ1) is 11.2. The molecule has 0 saturated heterocycles. The van der Waals surface area contributed by atoms with E-state index in [2.05, 4.69) is 32.9 Å². The molecule has 1 aromatic carbocycles. The summed E-state index contributed by atoms with van der Waals surface area (Å²) >= 11 is 0. The molecule has 0 aromatic heterocycles. The molecule has 1 aliphatic rings. The van der Waals surface area contributed by atoms with E-state index in [1.807, 2.05) is 44.2 Å². The Labute approximate surface area is 146 Å². The predicted molar refractivity (Wildman–Crippen MR) is 98.9 cm³/mol. The number of hydrogen-bond donors (Lipinski definition) is 0. The Morgan fingerprint density at radius 3 is 2.38 bits per heavy atom. The zero-order chi connectivity index (χ0) is 17.9. The van der Waals surface area contributed by atoms with Gasteiger partial charge in [-0.2, -0.15) is 0 Å². The Hall–Kier alpha value is -1.70. The van der Waals surface area contributed by atoms with Gasteiger partial charge in [-0.3, -0.25) is 9.59 Å². The summed E-state index contributed by atoms with van der Waals surface area (Å²) in [6.07, 6.45) is 5.78. The Morgan fingerprint density at radius 1 is 1.17 bits per heavy atom. The third kappa shape index (κ3) is 4.03. The van der Waals surface area contributed by atoms with Gasteiger partial charge in [-0.1, -0.05) is 77.1 Å². The van der Waals surface area contributed by atoms with Crippen molar-refractivity contribution in [3.63, 3.8) is 0 Å². The van der Waals surface area contributed by atoms with Gasteiger partial charge in [0.1, 0.15) is 5.78 Å². The molecule has 2 heteroatoms. The average molecular weight is 326 g/mol. The van der Waals surface area contributed by atoms with Crippen LogP contribution < -0.4 is 0 Å². The molecule has 0 spiro atoms. The first kappa shape index (κ1) is 18.6. The molecule has 0 fully saturated rings. The maximum Gasteiger partial charge on any atom is 0.165 e. The molecule has 0 amide bonds. The molecule has 130 valence electrons. The molecule has 0 heterocycles. The molecular weight excluding hydrogens is 296 g/mol. The number of carbonyl (C=O) groups is 2. The topological polar surface area (TPSA) is 34.1 Å². The number of hydrogen-bond acceptors (Lipinski definition) is 2. The average Bonchev–Trinajstić information content (AvgIpc) is 2.53.